The van der Waals surface area contributed by atoms with Gasteiger partial charge in [-0.3, -0.25) is 19.2 Å². The van der Waals surface area contributed by atoms with Gasteiger partial charge in [0.15, 0.2) is 24.6 Å². The van der Waals surface area contributed by atoms with Gasteiger partial charge in [0.05, 0.1) is 26.5 Å². The molecule has 0 unspecified atom stereocenters. The molecule has 14 heteroatoms. The summed E-state index contributed by atoms with van der Waals surface area (Å²) in [7, 11) is 1.58. The molecule has 5 atom stereocenters. The topological polar surface area (TPSA) is 164 Å². The van der Waals surface area contributed by atoms with Crippen LogP contribution < -0.4 is 4.74 Å². The Kier molecular flexibility index (Phi) is 10.3. The van der Waals surface area contributed by atoms with Gasteiger partial charge >= 0.3 is 23.9 Å². The summed E-state index contributed by atoms with van der Waals surface area (Å²) in [4.78, 5) is 47.1. The lowest BCUT2D eigenvalue weighted by Gasteiger charge is -2.44. The number of carbonyl (C=O) groups excluding carboxylic acids is 4. The standard InChI is InChI=1S/C25H31N3O11/c1-14(29)35-13-21-22(36-15(2)30)23(37-16(3)31)24(38-17(4)32)25(39-21)34-11-10-28-12-20(26-27-28)18-6-8-19(33-5)9-7-18/h6-9,12,21-25H,10-11,13H2,1-5H3/t21-,22+,23+,24-,25-/m1/s1. The lowest BCUT2D eigenvalue weighted by molar-refractivity contribution is -0.308. The van der Waals surface area contributed by atoms with Crippen molar-refractivity contribution in [2.24, 2.45) is 0 Å². The van der Waals surface area contributed by atoms with E-state index in [1.54, 1.807) is 18.0 Å². The molecule has 0 spiro atoms. The highest BCUT2D eigenvalue weighted by molar-refractivity contribution is 5.68. The van der Waals surface area contributed by atoms with E-state index in [9.17, 15) is 19.2 Å². The Bertz CT molecular complexity index is 1150. The van der Waals surface area contributed by atoms with Crippen LogP contribution in [0.3, 0.4) is 0 Å². The number of hydrogen-bond acceptors (Lipinski definition) is 13. The molecule has 1 fully saturated rings. The number of methoxy groups -OCH3 is 1. The van der Waals surface area contributed by atoms with Gasteiger partial charge in [0.25, 0.3) is 0 Å². The average molecular weight is 550 g/mol. The zero-order valence-corrected chi connectivity index (χ0v) is 22.2. The SMILES string of the molecule is COc1ccc(-c2cn(CCO[C@@H]3O[C@H](COC(C)=O)[C@H](OC(C)=O)[C@H](OC(C)=O)[C@H]3OC(C)=O)nn2)cc1. The number of rotatable bonds is 11. The number of hydrogen-bond donors (Lipinski definition) is 0. The minimum Gasteiger partial charge on any atom is -0.497 e. The van der Waals surface area contributed by atoms with Crippen molar-refractivity contribution >= 4 is 23.9 Å². The first-order valence-corrected chi connectivity index (χ1v) is 12.0. The highest BCUT2D eigenvalue weighted by Gasteiger charge is 2.52. The van der Waals surface area contributed by atoms with Crippen molar-refractivity contribution in [1.82, 2.24) is 15.0 Å². The maximum absolute atomic E-state index is 11.9. The molecular weight excluding hydrogens is 518 g/mol. The van der Waals surface area contributed by atoms with E-state index in [1.165, 1.54) is 6.92 Å². The third-order valence-corrected chi connectivity index (χ3v) is 5.48. The van der Waals surface area contributed by atoms with Crippen LogP contribution in [0.1, 0.15) is 27.7 Å². The third kappa shape index (κ3) is 8.48. The van der Waals surface area contributed by atoms with Gasteiger partial charge in [-0.2, -0.15) is 0 Å². The summed E-state index contributed by atoms with van der Waals surface area (Å²) >= 11 is 0. The minimum absolute atomic E-state index is 0.0130. The highest BCUT2D eigenvalue weighted by Crippen LogP contribution is 2.30. The van der Waals surface area contributed by atoms with Gasteiger partial charge in [0.1, 0.15) is 24.2 Å². The van der Waals surface area contributed by atoms with Gasteiger partial charge in [-0.25, -0.2) is 4.68 Å². The van der Waals surface area contributed by atoms with Crippen molar-refractivity contribution in [3.63, 3.8) is 0 Å². The van der Waals surface area contributed by atoms with Crippen LogP contribution in [0.4, 0.5) is 0 Å². The van der Waals surface area contributed by atoms with Gasteiger partial charge in [-0.1, -0.05) is 5.21 Å². The second kappa shape index (κ2) is 13.7. The normalized spacial score (nSPS) is 22.4. The molecule has 1 aromatic heterocycles. The molecule has 0 radical (unpaired) electrons. The van der Waals surface area contributed by atoms with Crippen molar-refractivity contribution in [1.29, 1.82) is 0 Å². The van der Waals surface area contributed by atoms with E-state index >= 15 is 0 Å². The largest absolute Gasteiger partial charge is 0.497 e. The van der Waals surface area contributed by atoms with Crippen molar-refractivity contribution < 1.29 is 52.3 Å². The molecule has 0 N–H and O–H groups in total. The van der Waals surface area contributed by atoms with Crippen molar-refractivity contribution in [2.75, 3.05) is 20.3 Å². The maximum atomic E-state index is 11.9. The molecule has 0 amide bonds. The molecule has 14 nitrogen and oxygen atoms in total. The van der Waals surface area contributed by atoms with Crippen LogP contribution in [0.25, 0.3) is 11.3 Å². The third-order valence-electron chi connectivity index (χ3n) is 5.48. The second-order valence-corrected chi connectivity index (χ2v) is 8.53. The number of nitrogens with zero attached hydrogens (tertiary/aromatic N) is 3. The van der Waals surface area contributed by atoms with Crippen LogP contribution in [-0.4, -0.2) is 89.9 Å². The zero-order valence-electron chi connectivity index (χ0n) is 22.2. The summed E-state index contributed by atoms with van der Waals surface area (Å²) in [6.07, 6.45) is -4.49. The van der Waals surface area contributed by atoms with Gasteiger partial charge < -0.3 is 33.2 Å². The van der Waals surface area contributed by atoms with E-state index in [0.717, 1.165) is 26.3 Å². The Morgan fingerprint density at radius 1 is 0.872 bits per heavy atom. The molecule has 0 bridgehead atoms. The molecule has 0 saturated carbocycles. The Balaban J connectivity index is 1.76. The van der Waals surface area contributed by atoms with E-state index in [1.807, 2.05) is 24.3 Å². The monoisotopic (exact) mass is 549 g/mol. The first kappa shape index (κ1) is 29.5. The van der Waals surface area contributed by atoms with E-state index < -0.39 is 54.6 Å². The predicted molar refractivity (Wildman–Crippen MR) is 130 cm³/mol. The number of aromatic nitrogens is 3. The van der Waals surface area contributed by atoms with Crippen LogP contribution in [0.2, 0.25) is 0 Å². The first-order valence-electron chi connectivity index (χ1n) is 12.0. The molecule has 1 aliphatic rings. The molecular formula is C25H31N3O11. The van der Waals surface area contributed by atoms with Crippen LogP contribution in [0, 0.1) is 0 Å². The molecule has 0 aliphatic carbocycles. The number of esters is 4. The van der Waals surface area contributed by atoms with Gasteiger partial charge in [-0.15, -0.1) is 5.10 Å². The molecule has 39 heavy (non-hydrogen) atoms. The minimum atomic E-state index is -1.30. The number of carbonyl (C=O) groups is 4. The average Bonchev–Trinajstić information content (AvgIpc) is 3.34. The summed E-state index contributed by atoms with van der Waals surface area (Å²) in [6.45, 7) is 4.55. The molecule has 2 heterocycles. The fourth-order valence-corrected chi connectivity index (χ4v) is 3.89. The van der Waals surface area contributed by atoms with Crippen LogP contribution in [-0.2, 0) is 54.1 Å². The first-order chi connectivity index (χ1) is 18.6. The van der Waals surface area contributed by atoms with Gasteiger partial charge in [0.2, 0.25) is 0 Å². The van der Waals surface area contributed by atoms with Gasteiger partial charge in [0, 0.05) is 33.3 Å². The summed E-state index contributed by atoms with van der Waals surface area (Å²) in [5.74, 6) is -2.05. The molecule has 1 aliphatic heterocycles. The summed E-state index contributed by atoms with van der Waals surface area (Å²) in [5, 5.41) is 8.25. The molecule has 2 aromatic rings. The molecule has 212 valence electrons. The lowest BCUT2D eigenvalue weighted by atomic mass is 9.98. The fourth-order valence-electron chi connectivity index (χ4n) is 3.89. The van der Waals surface area contributed by atoms with Crippen LogP contribution in [0.5, 0.6) is 5.75 Å². The second-order valence-electron chi connectivity index (χ2n) is 8.53. The quantitative estimate of drug-likeness (QED) is 0.289. The molecule has 1 aromatic carbocycles. The van der Waals surface area contributed by atoms with E-state index in [-0.39, 0.29) is 19.8 Å². The van der Waals surface area contributed by atoms with E-state index in [2.05, 4.69) is 10.3 Å². The Labute approximate surface area is 224 Å². The van der Waals surface area contributed by atoms with Crippen LogP contribution in [0.15, 0.2) is 30.5 Å². The molecule has 3 rings (SSSR count). The lowest BCUT2D eigenvalue weighted by Crippen LogP contribution is -2.63. The van der Waals surface area contributed by atoms with Crippen molar-refractivity contribution in [3.8, 4) is 17.0 Å². The van der Waals surface area contributed by atoms with Gasteiger partial charge in [-0.05, 0) is 24.3 Å². The summed E-state index contributed by atoms with van der Waals surface area (Å²) in [5.41, 5.74) is 1.47. The van der Waals surface area contributed by atoms with E-state index in [0.29, 0.717) is 11.4 Å². The number of ether oxygens (including phenoxy) is 7. The number of benzene rings is 1. The fraction of sp³-hybridized carbons (Fsp3) is 0.520. The van der Waals surface area contributed by atoms with Crippen molar-refractivity contribution in [2.45, 2.75) is 64.9 Å². The van der Waals surface area contributed by atoms with Crippen molar-refractivity contribution in [3.05, 3.63) is 30.5 Å². The summed E-state index contributed by atoms with van der Waals surface area (Å²) < 4.78 is 39.6. The molecule has 1 saturated heterocycles. The summed E-state index contributed by atoms with van der Waals surface area (Å²) in [6, 6.07) is 7.31. The highest BCUT2D eigenvalue weighted by atomic mass is 16.7. The Morgan fingerprint density at radius 3 is 2.08 bits per heavy atom. The van der Waals surface area contributed by atoms with E-state index in [4.69, 9.17) is 33.2 Å². The van der Waals surface area contributed by atoms with Crippen LogP contribution >= 0.6 is 0 Å². The predicted octanol–water partition coefficient (Wildman–Crippen LogP) is 1.05. The smallest absolute Gasteiger partial charge is 0.303 e. The Hall–Kier alpha value is -4.04. The maximum Gasteiger partial charge on any atom is 0.303 e. The Morgan fingerprint density at radius 2 is 1.49 bits per heavy atom. The zero-order chi connectivity index (χ0) is 28.5.